The van der Waals surface area contributed by atoms with Crippen LogP contribution < -0.4 is 10.2 Å². The molecule has 0 spiro atoms. The van der Waals surface area contributed by atoms with Crippen molar-refractivity contribution in [3.63, 3.8) is 0 Å². The Balaban J connectivity index is 2.90. The Morgan fingerprint density at radius 2 is 1.85 bits per heavy atom. The molecule has 0 heterocycles. The van der Waals surface area contributed by atoms with E-state index in [1.165, 1.54) is 0 Å². The molecule has 0 amide bonds. The third-order valence-corrected chi connectivity index (χ3v) is 3.26. The Morgan fingerprint density at radius 3 is 2.40 bits per heavy atom. The molecule has 20 heavy (non-hydrogen) atoms. The van der Waals surface area contributed by atoms with Gasteiger partial charge in [-0.05, 0) is 37.4 Å². The van der Waals surface area contributed by atoms with Crippen LogP contribution in [0.15, 0.2) is 18.2 Å². The zero-order chi connectivity index (χ0) is 15.1. The zero-order valence-electron chi connectivity index (χ0n) is 13.5. The molecule has 0 atom stereocenters. The van der Waals surface area contributed by atoms with Gasteiger partial charge in [-0.1, -0.05) is 33.8 Å². The molecule has 0 unspecified atom stereocenters. The van der Waals surface area contributed by atoms with Crippen molar-refractivity contribution in [2.24, 2.45) is 11.8 Å². The van der Waals surface area contributed by atoms with Crippen molar-refractivity contribution in [1.29, 1.82) is 0 Å². The SMILES string of the molecule is CCN(CC(C)C)c1cccc(F)c1CNCC(C)C. The van der Waals surface area contributed by atoms with E-state index in [1.807, 2.05) is 6.07 Å². The third-order valence-electron chi connectivity index (χ3n) is 3.26. The average molecular weight is 280 g/mol. The van der Waals surface area contributed by atoms with Crippen LogP contribution in [0, 0.1) is 17.7 Å². The Bertz CT molecular complexity index is 402. The summed E-state index contributed by atoms with van der Waals surface area (Å²) < 4.78 is 14.1. The molecule has 0 aliphatic carbocycles. The molecule has 1 N–H and O–H groups in total. The standard InChI is InChI=1S/C17H29FN2/c1-6-20(12-14(4)5)17-9-7-8-16(18)15(17)11-19-10-13(2)3/h7-9,13-14,19H,6,10-12H2,1-5H3. The molecule has 2 nitrogen and oxygen atoms in total. The summed E-state index contributed by atoms with van der Waals surface area (Å²) in [5.41, 5.74) is 1.81. The van der Waals surface area contributed by atoms with Crippen molar-refractivity contribution in [3.05, 3.63) is 29.6 Å². The minimum absolute atomic E-state index is 0.110. The Morgan fingerprint density at radius 1 is 1.15 bits per heavy atom. The lowest BCUT2D eigenvalue weighted by atomic mass is 10.1. The number of benzene rings is 1. The van der Waals surface area contributed by atoms with E-state index in [0.29, 0.717) is 18.4 Å². The van der Waals surface area contributed by atoms with Gasteiger partial charge in [0.15, 0.2) is 0 Å². The Kier molecular flexibility index (Phi) is 7.00. The molecule has 0 fully saturated rings. The topological polar surface area (TPSA) is 15.3 Å². The van der Waals surface area contributed by atoms with Gasteiger partial charge in [0.25, 0.3) is 0 Å². The van der Waals surface area contributed by atoms with Gasteiger partial charge in [0.05, 0.1) is 0 Å². The maximum Gasteiger partial charge on any atom is 0.129 e. The van der Waals surface area contributed by atoms with Crippen LogP contribution in [0.2, 0.25) is 0 Å². The maximum atomic E-state index is 14.1. The maximum absolute atomic E-state index is 14.1. The summed E-state index contributed by atoms with van der Waals surface area (Å²) in [5.74, 6) is 1.03. The van der Waals surface area contributed by atoms with E-state index in [2.05, 4.69) is 44.8 Å². The molecular formula is C17H29FN2. The molecule has 0 aliphatic rings. The highest BCUT2D eigenvalue weighted by atomic mass is 19.1. The zero-order valence-corrected chi connectivity index (χ0v) is 13.5. The number of anilines is 1. The monoisotopic (exact) mass is 280 g/mol. The summed E-state index contributed by atoms with van der Waals surface area (Å²) in [7, 11) is 0. The summed E-state index contributed by atoms with van der Waals surface area (Å²) in [6, 6.07) is 5.39. The van der Waals surface area contributed by atoms with E-state index in [-0.39, 0.29) is 5.82 Å². The fourth-order valence-electron chi connectivity index (χ4n) is 2.34. The average Bonchev–Trinajstić information content (AvgIpc) is 2.37. The van der Waals surface area contributed by atoms with Crippen LogP contribution in [-0.4, -0.2) is 19.6 Å². The molecule has 0 saturated carbocycles. The number of hydrogen-bond donors (Lipinski definition) is 1. The minimum atomic E-state index is -0.110. The molecular weight excluding hydrogens is 251 g/mol. The lowest BCUT2D eigenvalue weighted by Crippen LogP contribution is -2.29. The summed E-state index contributed by atoms with van der Waals surface area (Å²) in [4.78, 5) is 2.26. The lowest BCUT2D eigenvalue weighted by molar-refractivity contribution is 0.532. The Labute approximate surface area is 123 Å². The van der Waals surface area contributed by atoms with E-state index in [0.717, 1.165) is 30.9 Å². The number of nitrogens with one attached hydrogen (secondary N) is 1. The van der Waals surface area contributed by atoms with Gasteiger partial charge in [-0.25, -0.2) is 4.39 Å². The van der Waals surface area contributed by atoms with Crippen LogP contribution in [0.25, 0.3) is 0 Å². The van der Waals surface area contributed by atoms with E-state index < -0.39 is 0 Å². The lowest BCUT2D eigenvalue weighted by Gasteiger charge is -2.28. The van der Waals surface area contributed by atoms with Crippen LogP contribution in [0.4, 0.5) is 10.1 Å². The third kappa shape index (κ3) is 5.12. The molecule has 0 radical (unpaired) electrons. The number of nitrogens with zero attached hydrogens (tertiary/aromatic N) is 1. The van der Waals surface area contributed by atoms with Gasteiger partial charge < -0.3 is 10.2 Å². The number of hydrogen-bond acceptors (Lipinski definition) is 2. The first kappa shape index (κ1) is 17.0. The molecule has 1 aromatic carbocycles. The van der Waals surface area contributed by atoms with E-state index >= 15 is 0 Å². The molecule has 0 bridgehead atoms. The highest BCUT2D eigenvalue weighted by Gasteiger charge is 2.14. The van der Waals surface area contributed by atoms with Crippen molar-refractivity contribution < 1.29 is 4.39 Å². The summed E-state index contributed by atoms with van der Waals surface area (Å²) >= 11 is 0. The fraction of sp³-hybridized carbons (Fsp3) is 0.647. The highest BCUT2D eigenvalue weighted by Crippen LogP contribution is 2.24. The largest absolute Gasteiger partial charge is 0.371 e. The summed E-state index contributed by atoms with van der Waals surface area (Å²) in [6.45, 7) is 14.2. The molecule has 3 heteroatoms. The van der Waals surface area contributed by atoms with E-state index in [4.69, 9.17) is 0 Å². The second kappa shape index (κ2) is 8.25. The van der Waals surface area contributed by atoms with Crippen LogP contribution in [0.1, 0.15) is 40.2 Å². The van der Waals surface area contributed by atoms with E-state index in [1.54, 1.807) is 12.1 Å². The molecule has 114 valence electrons. The predicted molar refractivity (Wildman–Crippen MR) is 85.7 cm³/mol. The molecule has 1 rings (SSSR count). The molecule has 0 saturated heterocycles. The van der Waals surface area contributed by atoms with Gasteiger partial charge in [-0.2, -0.15) is 0 Å². The second-order valence-corrected chi connectivity index (χ2v) is 6.19. The van der Waals surface area contributed by atoms with Crippen LogP contribution in [-0.2, 0) is 6.54 Å². The molecule has 0 aliphatic heterocycles. The van der Waals surface area contributed by atoms with Gasteiger partial charge in [-0.3, -0.25) is 0 Å². The molecule has 1 aromatic rings. The summed E-state index contributed by atoms with van der Waals surface area (Å²) in [6.07, 6.45) is 0. The number of halogens is 1. The predicted octanol–water partition coefficient (Wildman–Crippen LogP) is 4.05. The minimum Gasteiger partial charge on any atom is -0.371 e. The normalized spacial score (nSPS) is 11.4. The van der Waals surface area contributed by atoms with Crippen LogP contribution >= 0.6 is 0 Å². The van der Waals surface area contributed by atoms with Crippen molar-refractivity contribution in [2.45, 2.75) is 41.2 Å². The van der Waals surface area contributed by atoms with Gasteiger partial charge in [-0.15, -0.1) is 0 Å². The van der Waals surface area contributed by atoms with Crippen LogP contribution in [0.3, 0.4) is 0 Å². The first-order chi connectivity index (χ1) is 9.45. The number of rotatable bonds is 8. The first-order valence-corrected chi connectivity index (χ1v) is 7.68. The summed E-state index contributed by atoms with van der Waals surface area (Å²) in [5, 5.41) is 3.35. The van der Waals surface area contributed by atoms with Crippen molar-refractivity contribution >= 4 is 5.69 Å². The Hall–Kier alpha value is -1.09. The fourth-order valence-corrected chi connectivity index (χ4v) is 2.34. The highest BCUT2D eigenvalue weighted by molar-refractivity contribution is 5.54. The van der Waals surface area contributed by atoms with Gasteiger partial charge in [0, 0.05) is 30.9 Å². The van der Waals surface area contributed by atoms with Crippen LogP contribution in [0.5, 0.6) is 0 Å². The quantitative estimate of drug-likeness (QED) is 0.772. The first-order valence-electron chi connectivity index (χ1n) is 7.68. The molecule has 0 aromatic heterocycles. The van der Waals surface area contributed by atoms with E-state index in [9.17, 15) is 4.39 Å². The van der Waals surface area contributed by atoms with Crippen molar-refractivity contribution in [3.8, 4) is 0 Å². The van der Waals surface area contributed by atoms with Gasteiger partial charge >= 0.3 is 0 Å². The van der Waals surface area contributed by atoms with Crippen molar-refractivity contribution in [1.82, 2.24) is 5.32 Å². The van der Waals surface area contributed by atoms with Crippen molar-refractivity contribution in [2.75, 3.05) is 24.5 Å². The second-order valence-electron chi connectivity index (χ2n) is 6.19. The smallest absolute Gasteiger partial charge is 0.129 e. The van der Waals surface area contributed by atoms with Gasteiger partial charge in [0.2, 0.25) is 0 Å². The van der Waals surface area contributed by atoms with Gasteiger partial charge in [0.1, 0.15) is 5.82 Å².